The Morgan fingerprint density at radius 2 is 1.82 bits per heavy atom. The van der Waals surface area contributed by atoms with E-state index in [-0.39, 0.29) is 11.0 Å². The average Bonchev–Trinajstić information content (AvgIpc) is 3.17. The molecule has 4 rings (SSSR count). The van der Waals surface area contributed by atoms with Gasteiger partial charge in [-0.25, -0.2) is 8.42 Å². The molecule has 0 fully saturated rings. The first-order valence-electron chi connectivity index (χ1n) is 11.2. The first-order chi connectivity index (χ1) is 16.3. The van der Waals surface area contributed by atoms with E-state index in [0.717, 1.165) is 21.9 Å². The maximum atomic E-state index is 13.5. The van der Waals surface area contributed by atoms with Gasteiger partial charge in [0.05, 0.1) is 22.9 Å². The van der Waals surface area contributed by atoms with E-state index >= 15 is 0 Å². The molecule has 7 nitrogen and oxygen atoms in total. The number of amides is 1. The summed E-state index contributed by atoms with van der Waals surface area (Å²) >= 11 is 0. The summed E-state index contributed by atoms with van der Waals surface area (Å²) in [4.78, 5) is 13.3. The summed E-state index contributed by atoms with van der Waals surface area (Å²) in [6.07, 6.45) is 0.809. The number of hydrogen-bond acceptors (Lipinski definition) is 5. The summed E-state index contributed by atoms with van der Waals surface area (Å²) in [7, 11) is -3.98. The summed E-state index contributed by atoms with van der Waals surface area (Å²) in [5, 5.41) is 2.82. The third kappa shape index (κ3) is 5.02. The maximum Gasteiger partial charge on any atom is 0.264 e. The van der Waals surface area contributed by atoms with Gasteiger partial charge >= 0.3 is 0 Å². The monoisotopic (exact) mass is 480 g/mol. The Morgan fingerprint density at radius 3 is 2.50 bits per heavy atom. The fraction of sp³-hybridized carbons (Fsp3) is 0.269. The molecule has 1 unspecified atom stereocenters. The molecule has 1 heterocycles. The number of sulfonamides is 1. The Morgan fingerprint density at radius 1 is 1.12 bits per heavy atom. The first-order valence-corrected chi connectivity index (χ1v) is 12.6. The number of fused-ring (bicyclic) bond motifs is 1. The van der Waals surface area contributed by atoms with Crippen molar-refractivity contribution in [2.45, 2.75) is 38.2 Å². The maximum absolute atomic E-state index is 13.5. The lowest BCUT2D eigenvalue weighted by Gasteiger charge is -2.24. The highest BCUT2D eigenvalue weighted by atomic mass is 32.2. The molecule has 1 amide bonds. The van der Waals surface area contributed by atoms with Crippen molar-refractivity contribution in [2.24, 2.45) is 0 Å². The van der Waals surface area contributed by atoms with Gasteiger partial charge in [-0.1, -0.05) is 35.9 Å². The molecule has 1 aliphatic heterocycles. The molecule has 0 aromatic heterocycles. The van der Waals surface area contributed by atoms with E-state index in [0.29, 0.717) is 29.5 Å². The van der Waals surface area contributed by atoms with Crippen LogP contribution in [0.1, 0.15) is 25.0 Å². The van der Waals surface area contributed by atoms with Crippen LogP contribution in [0.3, 0.4) is 0 Å². The second-order valence-corrected chi connectivity index (χ2v) is 10.1. The number of hydrogen-bond donors (Lipinski definition) is 1. The van der Waals surface area contributed by atoms with Gasteiger partial charge in [0.15, 0.2) is 0 Å². The molecule has 1 N–H and O–H groups in total. The van der Waals surface area contributed by atoms with Gasteiger partial charge in [-0.2, -0.15) is 0 Å². The van der Waals surface area contributed by atoms with E-state index in [1.165, 1.54) is 0 Å². The van der Waals surface area contributed by atoms with Crippen molar-refractivity contribution in [3.8, 4) is 11.5 Å². The second kappa shape index (κ2) is 9.77. The van der Waals surface area contributed by atoms with Crippen LogP contribution in [-0.4, -0.2) is 33.6 Å². The molecule has 8 heteroatoms. The molecule has 0 saturated heterocycles. The lowest BCUT2D eigenvalue weighted by Crippen LogP contribution is -2.38. The van der Waals surface area contributed by atoms with E-state index in [2.05, 4.69) is 5.32 Å². The topological polar surface area (TPSA) is 84.9 Å². The van der Waals surface area contributed by atoms with Crippen molar-refractivity contribution in [2.75, 3.05) is 22.8 Å². The SMILES string of the molecule is CCOc1cc2c(cc1NC(=O)CN(c1ccccc1)S(=O)(=O)c1ccc(C)cc1)OC(C)C2. The normalized spacial score (nSPS) is 14.7. The van der Waals surface area contributed by atoms with Gasteiger partial charge in [0, 0.05) is 18.1 Å². The van der Waals surface area contributed by atoms with E-state index in [1.807, 2.05) is 26.8 Å². The molecule has 3 aromatic rings. The fourth-order valence-corrected chi connectivity index (χ4v) is 5.30. The number of anilines is 2. The van der Waals surface area contributed by atoms with Crippen molar-refractivity contribution in [3.63, 3.8) is 0 Å². The third-order valence-corrected chi connectivity index (χ3v) is 7.30. The molecular formula is C26H28N2O5S. The number of nitrogens with zero attached hydrogens (tertiary/aromatic N) is 1. The van der Waals surface area contributed by atoms with Crippen LogP contribution in [0.15, 0.2) is 71.6 Å². The first kappa shape index (κ1) is 23.6. The minimum absolute atomic E-state index is 0.0450. The summed E-state index contributed by atoms with van der Waals surface area (Å²) in [6.45, 7) is 5.75. The van der Waals surface area contributed by atoms with Crippen LogP contribution in [0.2, 0.25) is 0 Å². The highest BCUT2D eigenvalue weighted by Gasteiger charge is 2.28. The van der Waals surface area contributed by atoms with E-state index in [9.17, 15) is 13.2 Å². The zero-order chi connectivity index (χ0) is 24.3. The Kier molecular flexibility index (Phi) is 6.79. The van der Waals surface area contributed by atoms with Crippen molar-refractivity contribution < 1.29 is 22.7 Å². The van der Waals surface area contributed by atoms with Crippen LogP contribution in [0, 0.1) is 6.92 Å². The molecule has 0 radical (unpaired) electrons. The van der Waals surface area contributed by atoms with Crippen molar-refractivity contribution in [3.05, 3.63) is 77.9 Å². The van der Waals surface area contributed by atoms with Gasteiger partial charge < -0.3 is 14.8 Å². The predicted molar refractivity (Wildman–Crippen MR) is 132 cm³/mol. The fourth-order valence-electron chi connectivity index (χ4n) is 3.88. The van der Waals surface area contributed by atoms with Crippen LogP contribution in [0.25, 0.3) is 0 Å². The molecule has 1 aliphatic rings. The molecule has 3 aromatic carbocycles. The lowest BCUT2D eigenvalue weighted by molar-refractivity contribution is -0.114. The Balaban J connectivity index is 1.64. The van der Waals surface area contributed by atoms with Gasteiger partial charge in [-0.15, -0.1) is 0 Å². The van der Waals surface area contributed by atoms with E-state index in [1.54, 1.807) is 60.7 Å². The van der Waals surface area contributed by atoms with Crippen molar-refractivity contribution in [1.29, 1.82) is 0 Å². The number of benzene rings is 3. The molecule has 0 saturated carbocycles. The number of carbonyl (C=O) groups excluding carboxylic acids is 1. The van der Waals surface area contributed by atoms with E-state index < -0.39 is 22.5 Å². The lowest BCUT2D eigenvalue weighted by atomic mass is 10.1. The minimum atomic E-state index is -3.98. The van der Waals surface area contributed by atoms with Crippen molar-refractivity contribution in [1.82, 2.24) is 0 Å². The Hall–Kier alpha value is -3.52. The minimum Gasteiger partial charge on any atom is -0.492 e. The number of ether oxygens (including phenoxy) is 2. The standard InChI is InChI=1S/C26H28N2O5S/c1-4-32-25-15-20-14-19(3)33-24(20)16-23(25)27-26(29)17-28(21-8-6-5-7-9-21)34(30,31)22-12-10-18(2)11-13-22/h5-13,15-16,19H,4,14,17H2,1-3H3,(H,27,29). The van der Waals surface area contributed by atoms with Crippen LogP contribution >= 0.6 is 0 Å². The number of nitrogens with one attached hydrogen (secondary N) is 1. The van der Waals surface area contributed by atoms with Gasteiger partial charge in [-0.3, -0.25) is 9.10 Å². The average molecular weight is 481 g/mol. The molecule has 0 spiro atoms. The van der Waals surface area contributed by atoms with Crippen LogP contribution < -0.4 is 19.1 Å². The van der Waals surface area contributed by atoms with Gasteiger partial charge in [0.25, 0.3) is 10.0 Å². The summed E-state index contributed by atoms with van der Waals surface area (Å²) in [5.74, 6) is 0.727. The van der Waals surface area contributed by atoms with Gasteiger partial charge in [0.2, 0.25) is 5.91 Å². The van der Waals surface area contributed by atoms with Gasteiger partial charge in [0.1, 0.15) is 24.1 Å². The Bertz CT molecular complexity index is 1270. The predicted octanol–water partition coefficient (Wildman–Crippen LogP) is 4.55. The highest BCUT2D eigenvalue weighted by Crippen LogP contribution is 2.38. The van der Waals surface area contributed by atoms with Crippen molar-refractivity contribution >= 4 is 27.3 Å². The second-order valence-electron chi connectivity index (χ2n) is 8.23. The number of rotatable bonds is 8. The highest BCUT2D eigenvalue weighted by molar-refractivity contribution is 7.92. The van der Waals surface area contributed by atoms with Gasteiger partial charge in [-0.05, 0) is 51.1 Å². The molecule has 34 heavy (non-hydrogen) atoms. The Labute approximate surface area is 200 Å². The summed E-state index contributed by atoms with van der Waals surface area (Å²) in [5.41, 5.74) is 2.80. The molecule has 178 valence electrons. The molecule has 1 atom stereocenters. The molecular weight excluding hydrogens is 452 g/mol. The zero-order valence-electron chi connectivity index (χ0n) is 19.4. The number of carbonyl (C=O) groups is 1. The van der Waals surface area contributed by atoms with E-state index in [4.69, 9.17) is 9.47 Å². The zero-order valence-corrected chi connectivity index (χ0v) is 20.3. The largest absolute Gasteiger partial charge is 0.492 e. The number of aryl methyl sites for hydroxylation is 1. The summed E-state index contributed by atoms with van der Waals surface area (Å²) in [6, 6.07) is 18.7. The smallest absolute Gasteiger partial charge is 0.264 e. The summed E-state index contributed by atoms with van der Waals surface area (Å²) < 4.78 is 39.6. The van der Waals surface area contributed by atoms with Crippen LogP contribution in [0.4, 0.5) is 11.4 Å². The molecule has 0 bridgehead atoms. The van der Waals surface area contributed by atoms with Crippen LogP contribution in [0.5, 0.6) is 11.5 Å². The molecule has 0 aliphatic carbocycles. The third-order valence-electron chi connectivity index (χ3n) is 5.51. The number of para-hydroxylation sites is 1. The quantitative estimate of drug-likeness (QED) is 0.511. The van der Waals surface area contributed by atoms with Crippen LogP contribution in [-0.2, 0) is 21.2 Å².